The summed E-state index contributed by atoms with van der Waals surface area (Å²) in [6.07, 6.45) is 11.3. The number of ether oxygens (including phenoxy) is 4. The van der Waals surface area contributed by atoms with E-state index in [-0.39, 0.29) is 18.2 Å². The molecule has 1 heterocycles. The Bertz CT molecular complexity index is 1020. The Hall–Kier alpha value is -1.56. The van der Waals surface area contributed by atoms with Crippen molar-refractivity contribution < 1.29 is 28.5 Å². The van der Waals surface area contributed by atoms with Crippen molar-refractivity contribution in [3.05, 3.63) is 12.2 Å². The molecule has 0 amide bonds. The zero-order valence-electron chi connectivity index (χ0n) is 21.1. The van der Waals surface area contributed by atoms with Crippen molar-refractivity contribution in [2.45, 2.75) is 70.4 Å². The van der Waals surface area contributed by atoms with Gasteiger partial charge in [0.15, 0.2) is 0 Å². The van der Waals surface area contributed by atoms with E-state index in [4.69, 9.17) is 18.9 Å². The van der Waals surface area contributed by atoms with Crippen LogP contribution in [0, 0.1) is 82.9 Å². The van der Waals surface area contributed by atoms with Crippen LogP contribution >= 0.6 is 0 Å². The third-order valence-electron chi connectivity index (χ3n) is 13.1. The van der Waals surface area contributed by atoms with Gasteiger partial charge in [-0.2, -0.15) is 0 Å². The maximum Gasteiger partial charge on any atom is 0.511 e. The summed E-state index contributed by atoms with van der Waals surface area (Å²) in [5, 5.41) is 0. The SMILES string of the molecule is CC(=O)OC1C2CC(C1OC(=O)OC1CCCCO1)C1C3CC(C21)C1C2CC(C4C5C=CC(C5)C24)C31. The van der Waals surface area contributed by atoms with Crippen molar-refractivity contribution in [3.8, 4) is 0 Å². The molecule has 8 bridgehead atoms. The summed E-state index contributed by atoms with van der Waals surface area (Å²) in [6.45, 7) is 2.11. The molecule has 0 aromatic rings. The van der Waals surface area contributed by atoms with Crippen molar-refractivity contribution in [1.29, 1.82) is 0 Å². The molecule has 8 fully saturated rings. The summed E-state index contributed by atoms with van der Waals surface area (Å²) in [5.74, 6) is 10.5. The lowest BCUT2D eigenvalue weighted by atomic mass is 9.55. The van der Waals surface area contributed by atoms with Gasteiger partial charge in [0.25, 0.3) is 0 Å². The zero-order valence-corrected chi connectivity index (χ0v) is 21.1. The predicted molar refractivity (Wildman–Crippen MR) is 127 cm³/mol. The van der Waals surface area contributed by atoms with E-state index in [1.54, 1.807) is 0 Å². The number of hydrogen-bond acceptors (Lipinski definition) is 6. The van der Waals surface area contributed by atoms with Gasteiger partial charge in [0, 0.05) is 25.2 Å². The van der Waals surface area contributed by atoms with Gasteiger partial charge < -0.3 is 18.9 Å². The van der Waals surface area contributed by atoms with E-state index in [1.807, 2.05) is 0 Å². The first-order valence-corrected chi connectivity index (χ1v) is 14.9. The molecule has 17 atom stereocenters. The summed E-state index contributed by atoms with van der Waals surface area (Å²) in [7, 11) is 0. The standard InChI is InChI=1S/C30H38O6/c1-12(31)34-28-19-11-20(29(28)36-30(32)35-21-4-2-3-7-33-21)27-18-10-17(26(19)27)24-15-9-16(25(18)24)23-14-6-5-13(8-14)22(15)23/h5-6,13-29H,2-4,7-11H2,1H3. The quantitative estimate of drug-likeness (QED) is 0.318. The van der Waals surface area contributed by atoms with Gasteiger partial charge in [-0.15, -0.1) is 0 Å². The van der Waals surface area contributed by atoms with Gasteiger partial charge in [0.05, 0.1) is 6.61 Å². The first kappa shape index (κ1) is 21.4. The Morgan fingerprint density at radius 3 is 1.81 bits per heavy atom. The summed E-state index contributed by atoms with van der Waals surface area (Å²) in [4.78, 5) is 25.0. The monoisotopic (exact) mass is 494 g/mol. The highest BCUT2D eigenvalue weighted by molar-refractivity contribution is 5.66. The van der Waals surface area contributed by atoms with Crippen molar-refractivity contribution >= 4 is 12.1 Å². The van der Waals surface area contributed by atoms with Gasteiger partial charge in [0.1, 0.15) is 12.2 Å². The van der Waals surface area contributed by atoms with Crippen LogP contribution in [0.2, 0.25) is 0 Å². The first-order valence-electron chi connectivity index (χ1n) is 14.9. The molecule has 17 unspecified atom stereocenters. The zero-order chi connectivity index (χ0) is 23.9. The summed E-state index contributed by atoms with van der Waals surface area (Å²) >= 11 is 0. The van der Waals surface area contributed by atoms with Crippen LogP contribution in [-0.4, -0.2) is 37.2 Å². The molecular formula is C30H38O6. The Balaban J connectivity index is 0.989. The van der Waals surface area contributed by atoms with Crippen LogP contribution in [-0.2, 0) is 23.7 Å². The smallest absolute Gasteiger partial charge is 0.458 e. The first-order chi connectivity index (χ1) is 17.6. The van der Waals surface area contributed by atoms with Crippen LogP contribution in [0.25, 0.3) is 0 Å². The van der Waals surface area contributed by atoms with E-state index in [2.05, 4.69) is 12.2 Å². The molecular weight excluding hydrogens is 456 g/mol. The third kappa shape index (κ3) is 2.58. The molecule has 9 aliphatic rings. The van der Waals surface area contributed by atoms with Crippen molar-refractivity contribution in [2.24, 2.45) is 82.9 Å². The second kappa shape index (κ2) is 7.30. The predicted octanol–water partition coefficient (Wildman–Crippen LogP) is 4.82. The Labute approximate surface area is 212 Å². The fourth-order valence-corrected chi connectivity index (χ4v) is 12.9. The molecule has 1 saturated heterocycles. The summed E-state index contributed by atoms with van der Waals surface area (Å²) in [5.41, 5.74) is 0. The highest BCUT2D eigenvalue weighted by Gasteiger charge is 2.77. The molecule has 1 aliphatic heterocycles. The van der Waals surface area contributed by atoms with Gasteiger partial charge in [0.2, 0.25) is 6.29 Å². The van der Waals surface area contributed by atoms with Crippen LogP contribution < -0.4 is 0 Å². The average molecular weight is 495 g/mol. The molecule has 0 aromatic heterocycles. The Morgan fingerprint density at radius 2 is 1.22 bits per heavy atom. The van der Waals surface area contributed by atoms with E-state index >= 15 is 0 Å². The molecule has 0 N–H and O–H groups in total. The van der Waals surface area contributed by atoms with Crippen LogP contribution in [0.4, 0.5) is 4.79 Å². The molecule has 6 nitrogen and oxygen atoms in total. The molecule has 36 heavy (non-hydrogen) atoms. The van der Waals surface area contributed by atoms with E-state index < -0.39 is 12.4 Å². The number of esters is 1. The van der Waals surface area contributed by atoms with Crippen LogP contribution in [0.3, 0.4) is 0 Å². The molecule has 6 heteroatoms. The maximum atomic E-state index is 12.8. The lowest BCUT2D eigenvalue weighted by Gasteiger charge is -2.51. The number of allylic oxidation sites excluding steroid dienone is 2. The van der Waals surface area contributed by atoms with Crippen molar-refractivity contribution in [2.75, 3.05) is 6.61 Å². The van der Waals surface area contributed by atoms with Gasteiger partial charge >= 0.3 is 12.1 Å². The van der Waals surface area contributed by atoms with Gasteiger partial charge in [-0.3, -0.25) is 4.79 Å². The molecule has 0 aromatic carbocycles. The summed E-state index contributed by atoms with van der Waals surface area (Å²) < 4.78 is 23.1. The number of fused-ring (bicyclic) bond motifs is 23. The van der Waals surface area contributed by atoms with Gasteiger partial charge in [-0.1, -0.05) is 12.2 Å². The molecule has 0 spiro atoms. The maximum absolute atomic E-state index is 12.8. The molecule has 7 saturated carbocycles. The molecule has 8 aliphatic carbocycles. The third-order valence-corrected chi connectivity index (χ3v) is 13.1. The van der Waals surface area contributed by atoms with Crippen molar-refractivity contribution in [1.82, 2.24) is 0 Å². The normalized spacial score (nSPS) is 59.8. The van der Waals surface area contributed by atoms with Gasteiger partial charge in [-0.05, 0) is 110 Å². The topological polar surface area (TPSA) is 71.1 Å². The largest absolute Gasteiger partial charge is 0.511 e. The Kier molecular flexibility index (Phi) is 4.33. The number of carbonyl (C=O) groups is 2. The molecule has 0 radical (unpaired) electrons. The second-order valence-corrected chi connectivity index (χ2v) is 13.9. The highest BCUT2D eigenvalue weighted by atomic mass is 16.8. The second-order valence-electron chi connectivity index (χ2n) is 13.9. The lowest BCUT2D eigenvalue weighted by Crippen LogP contribution is -2.53. The number of carbonyl (C=O) groups excluding carboxylic acids is 2. The van der Waals surface area contributed by atoms with E-state index in [0.29, 0.717) is 30.3 Å². The Morgan fingerprint density at radius 1 is 0.667 bits per heavy atom. The average Bonchev–Trinajstić information content (AvgIpc) is 3.69. The minimum atomic E-state index is -0.647. The number of hydrogen-bond donors (Lipinski definition) is 0. The minimum absolute atomic E-state index is 0.265. The number of rotatable bonds is 3. The fraction of sp³-hybridized carbons (Fsp3) is 0.867. The fourth-order valence-electron chi connectivity index (χ4n) is 12.9. The van der Waals surface area contributed by atoms with Crippen LogP contribution in [0.1, 0.15) is 51.9 Å². The molecule has 194 valence electrons. The summed E-state index contributed by atoms with van der Waals surface area (Å²) in [6, 6.07) is 0. The van der Waals surface area contributed by atoms with Crippen LogP contribution in [0.5, 0.6) is 0 Å². The lowest BCUT2D eigenvalue weighted by molar-refractivity contribution is -0.178. The van der Waals surface area contributed by atoms with E-state index in [0.717, 1.165) is 84.9 Å². The van der Waals surface area contributed by atoms with Gasteiger partial charge in [-0.25, -0.2) is 4.79 Å². The minimum Gasteiger partial charge on any atom is -0.458 e. The van der Waals surface area contributed by atoms with E-state index in [1.165, 1.54) is 26.2 Å². The van der Waals surface area contributed by atoms with Crippen molar-refractivity contribution in [3.63, 3.8) is 0 Å². The van der Waals surface area contributed by atoms with Crippen LogP contribution in [0.15, 0.2) is 12.2 Å². The highest BCUT2D eigenvalue weighted by Crippen LogP contribution is 2.80. The van der Waals surface area contributed by atoms with E-state index in [9.17, 15) is 9.59 Å². The molecule has 9 rings (SSSR count).